The number of aliphatic hydroxyl groups is 1. The zero-order chi connectivity index (χ0) is 15.1. The van der Waals surface area contributed by atoms with Crippen molar-refractivity contribution in [3.8, 4) is 0 Å². The van der Waals surface area contributed by atoms with Gasteiger partial charge in [0.25, 0.3) is 0 Å². The highest BCUT2D eigenvalue weighted by Gasteiger charge is 2.09. The molecule has 0 bridgehead atoms. The van der Waals surface area contributed by atoms with Gasteiger partial charge in [-0.15, -0.1) is 0 Å². The Labute approximate surface area is 125 Å². The largest absolute Gasteiger partial charge is 0.389 e. The smallest absolute Gasteiger partial charge is 0.0898 e. The van der Waals surface area contributed by atoms with Crippen LogP contribution in [0.4, 0.5) is 0 Å². The van der Waals surface area contributed by atoms with Crippen molar-refractivity contribution in [2.45, 2.75) is 25.7 Å². The second kappa shape index (κ2) is 7.93. The zero-order valence-electron chi connectivity index (χ0n) is 12.6. The predicted molar refractivity (Wildman–Crippen MR) is 81.7 cm³/mol. The molecule has 0 aliphatic carbocycles. The molecule has 1 heterocycles. The lowest BCUT2D eigenvalue weighted by Crippen LogP contribution is -2.31. The Hall–Kier alpha value is -1.69. The molecule has 2 rings (SSSR count). The summed E-state index contributed by atoms with van der Waals surface area (Å²) in [6.07, 6.45) is 1.22. The molecule has 2 N–H and O–H groups in total. The molecule has 0 aliphatic rings. The number of hydrogen-bond acceptors (Lipinski definition) is 4. The van der Waals surface area contributed by atoms with E-state index in [1.54, 1.807) is 6.20 Å². The van der Waals surface area contributed by atoms with Gasteiger partial charge in [0.15, 0.2) is 0 Å². The van der Waals surface area contributed by atoms with Crippen LogP contribution in [-0.4, -0.2) is 34.1 Å². The summed E-state index contributed by atoms with van der Waals surface area (Å²) in [7, 11) is 1.90. The van der Waals surface area contributed by atoms with Crippen LogP contribution >= 0.6 is 0 Å². The van der Waals surface area contributed by atoms with Crippen molar-refractivity contribution in [3.05, 3.63) is 53.9 Å². The van der Waals surface area contributed by atoms with Crippen LogP contribution in [0.1, 0.15) is 24.3 Å². The van der Waals surface area contributed by atoms with Crippen LogP contribution in [0.15, 0.2) is 42.6 Å². The first-order valence-electron chi connectivity index (χ1n) is 7.19. The van der Waals surface area contributed by atoms with E-state index in [4.69, 9.17) is 4.74 Å². The first kappa shape index (κ1) is 15.7. The first-order valence-corrected chi connectivity index (χ1v) is 7.19. The van der Waals surface area contributed by atoms with Crippen molar-refractivity contribution in [1.82, 2.24) is 15.1 Å². The van der Waals surface area contributed by atoms with Crippen LogP contribution in [0.25, 0.3) is 0 Å². The highest BCUT2D eigenvalue weighted by molar-refractivity contribution is 5.16. The van der Waals surface area contributed by atoms with Gasteiger partial charge in [-0.2, -0.15) is 5.10 Å². The first-order chi connectivity index (χ1) is 10.2. The highest BCUT2D eigenvalue weighted by Crippen LogP contribution is 2.15. The van der Waals surface area contributed by atoms with Crippen molar-refractivity contribution in [3.63, 3.8) is 0 Å². The molecule has 5 heteroatoms. The van der Waals surface area contributed by atoms with Gasteiger partial charge >= 0.3 is 0 Å². The van der Waals surface area contributed by atoms with E-state index in [2.05, 4.69) is 10.4 Å². The van der Waals surface area contributed by atoms with Crippen molar-refractivity contribution >= 4 is 0 Å². The summed E-state index contributed by atoms with van der Waals surface area (Å²) in [6, 6.07) is 12.0. The molecule has 0 spiro atoms. The van der Waals surface area contributed by atoms with Crippen molar-refractivity contribution < 1.29 is 9.84 Å². The van der Waals surface area contributed by atoms with Crippen LogP contribution in [0, 0.1) is 0 Å². The number of hydrogen-bond donors (Lipinski definition) is 2. The molecule has 0 fully saturated rings. The molecular formula is C16H23N3O2. The maximum absolute atomic E-state index is 9.93. The Morgan fingerprint density at radius 2 is 2.05 bits per heavy atom. The molecule has 0 radical (unpaired) electrons. The topological polar surface area (TPSA) is 59.3 Å². The molecule has 1 aromatic carbocycles. The molecule has 2 atom stereocenters. The standard InChI is InChI=1S/C16H23N3O2/c1-13(14-6-4-3-5-7-14)21-12-16(20)11-17-10-15-8-9-18-19(15)2/h3-9,13,16-17,20H,10-12H2,1-2H3. The molecule has 0 amide bonds. The van der Waals surface area contributed by atoms with E-state index in [1.165, 1.54) is 0 Å². The summed E-state index contributed by atoms with van der Waals surface area (Å²) in [5.74, 6) is 0. The SMILES string of the molecule is CC(OCC(O)CNCc1ccnn1C)c1ccccc1. The van der Waals surface area contributed by atoms with Gasteiger partial charge in [0.05, 0.1) is 24.5 Å². The maximum atomic E-state index is 9.93. The number of nitrogens with zero attached hydrogens (tertiary/aromatic N) is 2. The van der Waals surface area contributed by atoms with E-state index in [1.807, 2.05) is 55.1 Å². The highest BCUT2D eigenvalue weighted by atomic mass is 16.5. The molecular weight excluding hydrogens is 266 g/mol. The van der Waals surface area contributed by atoms with Crippen LogP contribution in [0.5, 0.6) is 0 Å². The molecule has 21 heavy (non-hydrogen) atoms. The van der Waals surface area contributed by atoms with E-state index in [9.17, 15) is 5.11 Å². The Balaban J connectivity index is 1.65. The van der Waals surface area contributed by atoms with Gasteiger partial charge < -0.3 is 15.2 Å². The van der Waals surface area contributed by atoms with Crippen molar-refractivity contribution in [2.24, 2.45) is 7.05 Å². The fourth-order valence-corrected chi connectivity index (χ4v) is 2.08. The van der Waals surface area contributed by atoms with Gasteiger partial charge in [0.1, 0.15) is 0 Å². The Bertz CT molecular complexity index is 527. The van der Waals surface area contributed by atoms with Crippen LogP contribution in [-0.2, 0) is 18.3 Å². The van der Waals surface area contributed by atoms with E-state index < -0.39 is 6.10 Å². The zero-order valence-corrected chi connectivity index (χ0v) is 12.6. The van der Waals surface area contributed by atoms with Gasteiger partial charge in [-0.3, -0.25) is 4.68 Å². The van der Waals surface area contributed by atoms with Crippen molar-refractivity contribution in [1.29, 1.82) is 0 Å². The second-order valence-corrected chi connectivity index (χ2v) is 5.12. The summed E-state index contributed by atoms with van der Waals surface area (Å²) in [4.78, 5) is 0. The third-order valence-corrected chi connectivity index (χ3v) is 3.42. The van der Waals surface area contributed by atoms with Gasteiger partial charge in [-0.05, 0) is 18.6 Å². The average molecular weight is 289 g/mol. The number of aliphatic hydroxyl groups excluding tert-OH is 1. The Morgan fingerprint density at radius 1 is 1.29 bits per heavy atom. The maximum Gasteiger partial charge on any atom is 0.0898 e. The van der Waals surface area contributed by atoms with Crippen molar-refractivity contribution in [2.75, 3.05) is 13.2 Å². The minimum Gasteiger partial charge on any atom is -0.389 e. The molecule has 114 valence electrons. The number of aromatic nitrogens is 2. The number of nitrogens with one attached hydrogen (secondary N) is 1. The van der Waals surface area contributed by atoms with Gasteiger partial charge in [-0.1, -0.05) is 30.3 Å². The molecule has 1 aromatic heterocycles. The van der Waals surface area contributed by atoms with Gasteiger partial charge in [0, 0.05) is 26.3 Å². The second-order valence-electron chi connectivity index (χ2n) is 5.12. The van der Waals surface area contributed by atoms with E-state index >= 15 is 0 Å². The lowest BCUT2D eigenvalue weighted by Gasteiger charge is -2.17. The monoisotopic (exact) mass is 289 g/mol. The fraction of sp³-hybridized carbons (Fsp3) is 0.438. The number of ether oxygens (including phenoxy) is 1. The minimum atomic E-state index is -0.524. The van der Waals surface area contributed by atoms with Gasteiger partial charge in [-0.25, -0.2) is 0 Å². The summed E-state index contributed by atoms with van der Waals surface area (Å²) >= 11 is 0. The predicted octanol–water partition coefficient (Wildman–Crippen LogP) is 1.65. The minimum absolute atomic E-state index is 0.0158. The molecule has 0 aliphatic heterocycles. The normalized spacial score (nSPS) is 14.0. The molecule has 0 saturated heterocycles. The van der Waals surface area contributed by atoms with E-state index in [-0.39, 0.29) is 6.10 Å². The molecule has 0 saturated carbocycles. The lowest BCUT2D eigenvalue weighted by molar-refractivity contribution is -0.00216. The van der Waals surface area contributed by atoms with E-state index in [0.29, 0.717) is 19.7 Å². The van der Waals surface area contributed by atoms with Crippen LogP contribution in [0.2, 0.25) is 0 Å². The third kappa shape index (κ3) is 4.97. The van der Waals surface area contributed by atoms with E-state index in [0.717, 1.165) is 11.3 Å². The average Bonchev–Trinajstić information content (AvgIpc) is 2.91. The summed E-state index contributed by atoms with van der Waals surface area (Å²) in [5.41, 5.74) is 2.20. The Morgan fingerprint density at radius 3 is 2.71 bits per heavy atom. The summed E-state index contributed by atoms with van der Waals surface area (Å²) in [6.45, 7) is 3.48. The number of aryl methyl sites for hydroxylation is 1. The van der Waals surface area contributed by atoms with Crippen LogP contribution < -0.4 is 5.32 Å². The number of rotatable bonds is 8. The molecule has 2 aromatic rings. The fourth-order valence-electron chi connectivity index (χ4n) is 2.08. The quantitative estimate of drug-likeness (QED) is 0.776. The molecule has 2 unspecified atom stereocenters. The lowest BCUT2D eigenvalue weighted by atomic mass is 10.1. The number of benzene rings is 1. The summed E-state index contributed by atoms with van der Waals surface area (Å²) < 4.78 is 7.51. The summed E-state index contributed by atoms with van der Waals surface area (Å²) in [5, 5.41) is 17.2. The third-order valence-electron chi connectivity index (χ3n) is 3.42. The van der Waals surface area contributed by atoms with Gasteiger partial charge in [0.2, 0.25) is 0 Å². The van der Waals surface area contributed by atoms with Crippen LogP contribution in [0.3, 0.4) is 0 Å². The molecule has 5 nitrogen and oxygen atoms in total. The Kier molecular flexibility index (Phi) is 5.92.